The molecule has 2 saturated heterocycles. The molecule has 3 atom stereocenters. The molecular weight excluding hydrogens is 254 g/mol. The average molecular weight is 283 g/mol. The molecule has 2 heterocycles. The van der Waals surface area contributed by atoms with Gasteiger partial charge in [-0.05, 0) is 62.5 Å². The van der Waals surface area contributed by atoms with Gasteiger partial charge >= 0.3 is 0 Å². The van der Waals surface area contributed by atoms with Crippen LogP contribution in [0.1, 0.15) is 51.4 Å². The number of ether oxygens (including phenoxy) is 1. The Hall–Kier alpha value is 0.270. The first-order valence-electron chi connectivity index (χ1n) is 8.22. The summed E-state index contributed by atoms with van der Waals surface area (Å²) in [5, 5.41) is 3.67. The molecule has 0 radical (unpaired) electrons. The summed E-state index contributed by atoms with van der Waals surface area (Å²) in [6.07, 6.45) is 10.8. The van der Waals surface area contributed by atoms with Crippen LogP contribution in [-0.2, 0) is 4.74 Å². The molecule has 1 aliphatic carbocycles. The summed E-state index contributed by atoms with van der Waals surface area (Å²) in [6.45, 7) is 1.00. The van der Waals surface area contributed by atoms with Crippen LogP contribution in [0.25, 0.3) is 0 Å². The highest BCUT2D eigenvalue weighted by Crippen LogP contribution is 2.43. The fraction of sp³-hybridized carbons (Fsp3) is 1.00. The zero-order valence-corrected chi connectivity index (χ0v) is 13.1. The van der Waals surface area contributed by atoms with Crippen LogP contribution in [0.15, 0.2) is 0 Å². The topological polar surface area (TPSA) is 21.3 Å². The smallest absolute Gasteiger partial charge is 0.0685 e. The molecule has 2 aliphatic heterocycles. The first-order chi connectivity index (χ1) is 9.33. The summed E-state index contributed by atoms with van der Waals surface area (Å²) in [5.74, 6) is 4.49. The van der Waals surface area contributed by atoms with Crippen LogP contribution in [0.4, 0.5) is 0 Å². The predicted octanol–water partition coefficient (Wildman–Crippen LogP) is 3.46. The Balaban J connectivity index is 1.65. The zero-order chi connectivity index (χ0) is 13.1. The molecule has 3 heteroatoms. The minimum Gasteiger partial charge on any atom is -0.375 e. The standard InChI is InChI=1S/C16H29NOS/c1-17-15(14-6-10-19-12-14)13-5-9-18-16(11-13)7-3-2-4-8-16/h13-15,17H,2-12H2,1H3. The minimum atomic E-state index is 0.266. The van der Waals surface area contributed by atoms with E-state index in [1.165, 1.54) is 62.9 Å². The lowest BCUT2D eigenvalue weighted by atomic mass is 9.72. The Kier molecular flexibility index (Phi) is 4.76. The maximum atomic E-state index is 6.26. The number of thioether (sulfide) groups is 1. The molecule has 1 saturated carbocycles. The molecule has 2 nitrogen and oxygen atoms in total. The van der Waals surface area contributed by atoms with Gasteiger partial charge in [-0.25, -0.2) is 0 Å². The van der Waals surface area contributed by atoms with E-state index < -0.39 is 0 Å². The van der Waals surface area contributed by atoms with E-state index in [0.29, 0.717) is 0 Å². The fourth-order valence-electron chi connectivity index (χ4n) is 4.61. The van der Waals surface area contributed by atoms with Gasteiger partial charge in [0.05, 0.1) is 5.60 Å². The van der Waals surface area contributed by atoms with Crippen molar-refractivity contribution in [1.29, 1.82) is 0 Å². The first-order valence-corrected chi connectivity index (χ1v) is 9.37. The summed E-state index contributed by atoms with van der Waals surface area (Å²) in [4.78, 5) is 0. The van der Waals surface area contributed by atoms with E-state index in [0.717, 1.165) is 24.5 Å². The molecule has 110 valence electrons. The lowest BCUT2D eigenvalue weighted by Gasteiger charge is -2.46. The second-order valence-electron chi connectivity index (χ2n) is 6.78. The Morgan fingerprint density at radius 3 is 2.68 bits per heavy atom. The van der Waals surface area contributed by atoms with Gasteiger partial charge in [0.25, 0.3) is 0 Å². The summed E-state index contributed by atoms with van der Waals surface area (Å²) >= 11 is 2.15. The normalized spacial score (nSPS) is 36.5. The molecule has 3 unspecified atom stereocenters. The van der Waals surface area contributed by atoms with Gasteiger partial charge in [-0.15, -0.1) is 0 Å². The summed E-state index contributed by atoms with van der Waals surface area (Å²) < 4.78 is 6.26. The van der Waals surface area contributed by atoms with E-state index >= 15 is 0 Å². The van der Waals surface area contributed by atoms with Crippen molar-refractivity contribution in [2.45, 2.75) is 63.0 Å². The summed E-state index contributed by atoms with van der Waals surface area (Å²) in [7, 11) is 2.18. The number of rotatable bonds is 3. The molecule has 0 amide bonds. The van der Waals surface area contributed by atoms with Gasteiger partial charge in [-0.2, -0.15) is 11.8 Å². The largest absolute Gasteiger partial charge is 0.375 e. The molecular formula is C16H29NOS. The molecule has 0 aromatic carbocycles. The van der Waals surface area contributed by atoms with Gasteiger partial charge in [0.15, 0.2) is 0 Å². The highest BCUT2D eigenvalue weighted by molar-refractivity contribution is 7.99. The summed E-state index contributed by atoms with van der Waals surface area (Å²) in [6, 6.07) is 0.734. The SMILES string of the molecule is CNC(C1CCSC1)C1CCOC2(CCCCC2)C1. The van der Waals surface area contributed by atoms with Crippen molar-refractivity contribution in [1.82, 2.24) is 5.32 Å². The van der Waals surface area contributed by atoms with Crippen LogP contribution < -0.4 is 5.32 Å². The van der Waals surface area contributed by atoms with Crippen molar-refractivity contribution >= 4 is 11.8 Å². The Labute approximate surface area is 122 Å². The lowest BCUT2D eigenvalue weighted by Crippen LogP contribution is -2.49. The van der Waals surface area contributed by atoms with Crippen molar-refractivity contribution in [3.63, 3.8) is 0 Å². The second kappa shape index (κ2) is 6.36. The molecule has 3 rings (SSSR count). The van der Waals surface area contributed by atoms with Crippen LogP contribution >= 0.6 is 11.8 Å². The van der Waals surface area contributed by atoms with Gasteiger partial charge in [0.2, 0.25) is 0 Å². The van der Waals surface area contributed by atoms with E-state index in [2.05, 4.69) is 24.1 Å². The Morgan fingerprint density at radius 1 is 1.16 bits per heavy atom. The zero-order valence-electron chi connectivity index (χ0n) is 12.3. The maximum absolute atomic E-state index is 6.26. The molecule has 3 fully saturated rings. The van der Waals surface area contributed by atoms with Gasteiger partial charge in [-0.1, -0.05) is 19.3 Å². The molecule has 19 heavy (non-hydrogen) atoms. The minimum absolute atomic E-state index is 0.266. The number of hydrogen-bond donors (Lipinski definition) is 1. The second-order valence-corrected chi connectivity index (χ2v) is 7.93. The molecule has 1 spiro atoms. The van der Waals surface area contributed by atoms with E-state index in [4.69, 9.17) is 4.74 Å². The quantitative estimate of drug-likeness (QED) is 0.857. The lowest BCUT2D eigenvalue weighted by molar-refractivity contribution is -0.123. The molecule has 3 aliphatic rings. The van der Waals surface area contributed by atoms with E-state index in [1.807, 2.05) is 0 Å². The highest BCUT2D eigenvalue weighted by atomic mass is 32.2. The van der Waals surface area contributed by atoms with Crippen molar-refractivity contribution in [2.24, 2.45) is 11.8 Å². The van der Waals surface area contributed by atoms with Crippen molar-refractivity contribution in [3.8, 4) is 0 Å². The van der Waals surface area contributed by atoms with Crippen LogP contribution in [0.5, 0.6) is 0 Å². The van der Waals surface area contributed by atoms with Crippen LogP contribution in [0, 0.1) is 11.8 Å². The van der Waals surface area contributed by atoms with Crippen molar-refractivity contribution < 1.29 is 4.74 Å². The summed E-state index contributed by atoms with van der Waals surface area (Å²) in [5.41, 5.74) is 0.266. The third kappa shape index (κ3) is 3.14. The van der Waals surface area contributed by atoms with Gasteiger partial charge in [-0.3, -0.25) is 0 Å². The van der Waals surface area contributed by atoms with E-state index in [-0.39, 0.29) is 5.60 Å². The maximum Gasteiger partial charge on any atom is 0.0685 e. The third-order valence-electron chi connectivity index (χ3n) is 5.61. The van der Waals surface area contributed by atoms with Gasteiger partial charge < -0.3 is 10.1 Å². The monoisotopic (exact) mass is 283 g/mol. The third-order valence-corrected chi connectivity index (χ3v) is 6.80. The molecule has 0 bridgehead atoms. The number of hydrogen-bond acceptors (Lipinski definition) is 3. The van der Waals surface area contributed by atoms with Crippen LogP contribution in [0.2, 0.25) is 0 Å². The Morgan fingerprint density at radius 2 is 2.00 bits per heavy atom. The molecule has 1 N–H and O–H groups in total. The van der Waals surface area contributed by atoms with E-state index in [1.54, 1.807) is 0 Å². The molecule has 0 aromatic heterocycles. The van der Waals surface area contributed by atoms with Crippen molar-refractivity contribution in [2.75, 3.05) is 25.2 Å². The van der Waals surface area contributed by atoms with Crippen molar-refractivity contribution in [3.05, 3.63) is 0 Å². The fourth-order valence-corrected chi connectivity index (χ4v) is 5.92. The van der Waals surface area contributed by atoms with Crippen LogP contribution in [0.3, 0.4) is 0 Å². The predicted molar refractivity (Wildman–Crippen MR) is 82.8 cm³/mol. The highest BCUT2D eigenvalue weighted by Gasteiger charge is 2.42. The average Bonchev–Trinajstić information content (AvgIpc) is 2.95. The Bertz CT molecular complexity index is 279. The van der Waals surface area contributed by atoms with Gasteiger partial charge in [0.1, 0.15) is 0 Å². The van der Waals surface area contributed by atoms with Gasteiger partial charge in [0, 0.05) is 12.6 Å². The number of nitrogens with one attached hydrogen (secondary N) is 1. The molecule has 0 aromatic rings. The van der Waals surface area contributed by atoms with Crippen LogP contribution in [-0.4, -0.2) is 36.8 Å². The first kappa shape index (κ1) is 14.2. The van der Waals surface area contributed by atoms with E-state index in [9.17, 15) is 0 Å².